The molecule has 2 aromatic carbocycles. The second-order valence-corrected chi connectivity index (χ2v) is 8.38. The zero-order chi connectivity index (χ0) is 25.1. The van der Waals surface area contributed by atoms with Crippen LogP contribution < -0.4 is 15.6 Å². The van der Waals surface area contributed by atoms with Crippen LogP contribution in [-0.4, -0.2) is 15.3 Å². The molecule has 1 amide bonds. The third-order valence-corrected chi connectivity index (χ3v) is 5.55. The van der Waals surface area contributed by atoms with E-state index in [1.807, 2.05) is 76.2 Å². The molecule has 0 saturated heterocycles. The lowest BCUT2D eigenvalue weighted by Gasteiger charge is -2.12. The average Bonchev–Trinajstić information content (AvgIpc) is 2.82. The van der Waals surface area contributed by atoms with Crippen molar-refractivity contribution in [3.05, 3.63) is 105 Å². The first-order valence-corrected chi connectivity index (χ1v) is 11.0. The molecule has 0 bridgehead atoms. The molecule has 7 heteroatoms. The third-order valence-electron chi connectivity index (χ3n) is 5.55. The number of nitrogens with one attached hydrogen (secondary N) is 1. The molecule has 2 aromatic heterocycles. The smallest absolute Gasteiger partial charge is 0.269 e. The van der Waals surface area contributed by atoms with E-state index in [2.05, 4.69) is 10.3 Å². The molecular formula is C28H24N4O3. The van der Waals surface area contributed by atoms with E-state index in [0.717, 1.165) is 22.3 Å². The molecular weight excluding hydrogens is 440 g/mol. The minimum absolute atomic E-state index is 0.00210. The highest BCUT2D eigenvalue weighted by atomic mass is 16.5. The van der Waals surface area contributed by atoms with E-state index in [1.54, 1.807) is 18.3 Å². The average molecular weight is 465 g/mol. The standard InChI is InChI=1S/C28H24N4O3/c1-17-7-5-9-22(13-17)35-27-23(28(34)32-12-6-8-20(4)25(32)31-27)15-21(16-29)26(33)30-24-14-18(2)10-11-19(24)3/h5-15H,1-4H3,(H,30,33)/b21-15-. The van der Waals surface area contributed by atoms with Crippen molar-refractivity contribution >= 4 is 23.3 Å². The third kappa shape index (κ3) is 4.97. The van der Waals surface area contributed by atoms with Gasteiger partial charge in [0.15, 0.2) is 0 Å². The fourth-order valence-electron chi connectivity index (χ4n) is 3.64. The summed E-state index contributed by atoms with van der Waals surface area (Å²) >= 11 is 0. The summed E-state index contributed by atoms with van der Waals surface area (Å²) in [7, 11) is 0. The van der Waals surface area contributed by atoms with Crippen LogP contribution in [0, 0.1) is 39.0 Å². The maximum Gasteiger partial charge on any atom is 0.269 e. The topological polar surface area (TPSA) is 96.5 Å². The van der Waals surface area contributed by atoms with Gasteiger partial charge in [0, 0.05) is 11.9 Å². The molecule has 0 unspecified atom stereocenters. The molecule has 174 valence electrons. The minimum Gasteiger partial charge on any atom is -0.438 e. The quantitative estimate of drug-likeness (QED) is 0.321. The van der Waals surface area contributed by atoms with Crippen LogP contribution in [-0.2, 0) is 4.79 Å². The molecule has 1 N–H and O–H groups in total. The maximum atomic E-state index is 13.4. The maximum absolute atomic E-state index is 13.4. The molecule has 35 heavy (non-hydrogen) atoms. The highest BCUT2D eigenvalue weighted by Crippen LogP contribution is 2.26. The normalized spacial score (nSPS) is 11.2. The van der Waals surface area contributed by atoms with E-state index >= 15 is 0 Å². The number of ether oxygens (including phenoxy) is 1. The number of pyridine rings is 1. The summed E-state index contributed by atoms with van der Waals surface area (Å²) in [5.74, 6) is -0.124. The molecule has 4 rings (SSSR count). The van der Waals surface area contributed by atoms with E-state index in [1.165, 1.54) is 10.5 Å². The number of anilines is 1. The van der Waals surface area contributed by atoms with Crippen LogP contribution in [0.5, 0.6) is 11.6 Å². The van der Waals surface area contributed by atoms with Crippen LogP contribution in [0.2, 0.25) is 0 Å². The molecule has 0 saturated carbocycles. The van der Waals surface area contributed by atoms with Crippen LogP contribution in [0.25, 0.3) is 11.7 Å². The number of carbonyl (C=O) groups excluding carboxylic acids is 1. The van der Waals surface area contributed by atoms with Crippen molar-refractivity contribution in [3.8, 4) is 17.7 Å². The Hall–Kier alpha value is -4.70. The Morgan fingerprint density at radius 3 is 2.54 bits per heavy atom. The summed E-state index contributed by atoms with van der Waals surface area (Å²) in [5, 5.41) is 12.5. The summed E-state index contributed by atoms with van der Waals surface area (Å²) in [4.78, 5) is 31.0. The van der Waals surface area contributed by atoms with Crippen molar-refractivity contribution in [1.29, 1.82) is 5.26 Å². The van der Waals surface area contributed by atoms with E-state index in [0.29, 0.717) is 17.1 Å². The van der Waals surface area contributed by atoms with Gasteiger partial charge in [-0.2, -0.15) is 10.2 Å². The summed E-state index contributed by atoms with van der Waals surface area (Å²) in [6, 6.07) is 18.4. The number of hydrogen-bond donors (Lipinski definition) is 1. The predicted molar refractivity (Wildman–Crippen MR) is 136 cm³/mol. The van der Waals surface area contributed by atoms with Gasteiger partial charge < -0.3 is 10.1 Å². The second-order valence-electron chi connectivity index (χ2n) is 8.38. The number of hydrogen-bond acceptors (Lipinski definition) is 5. The van der Waals surface area contributed by atoms with Gasteiger partial charge >= 0.3 is 0 Å². The van der Waals surface area contributed by atoms with Crippen molar-refractivity contribution in [1.82, 2.24) is 9.38 Å². The van der Waals surface area contributed by atoms with Gasteiger partial charge in [-0.05, 0) is 80.3 Å². The Morgan fingerprint density at radius 2 is 1.80 bits per heavy atom. The van der Waals surface area contributed by atoms with Gasteiger partial charge in [0.05, 0.1) is 0 Å². The molecule has 0 aliphatic rings. The van der Waals surface area contributed by atoms with Gasteiger partial charge in [-0.1, -0.05) is 30.3 Å². The summed E-state index contributed by atoms with van der Waals surface area (Å²) in [6.45, 7) is 7.54. The van der Waals surface area contributed by atoms with Gasteiger partial charge in [-0.15, -0.1) is 0 Å². The highest BCUT2D eigenvalue weighted by molar-refractivity contribution is 6.10. The van der Waals surface area contributed by atoms with Crippen molar-refractivity contribution in [2.75, 3.05) is 5.32 Å². The number of nitrogens with zero attached hydrogens (tertiary/aromatic N) is 3. The molecule has 0 radical (unpaired) electrons. The van der Waals surface area contributed by atoms with Crippen LogP contribution >= 0.6 is 0 Å². The number of aryl methyl sites for hydroxylation is 4. The van der Waals surface area contributed by atoms with Crippen LogP contribution in [0.1, 0.15) is 27.8 Å². The fourth-order valence-corrected chi connectivity index (χ4v) is 3.64. The number of nitriles is 1. The number of benzene rings is 2. The minimum atomic E-state index is -0.628. The van der Waals surface area contributed by atoms with Gasteiger partial charge in [-0.25, -0.2) is 0 Å². The van der Waals surface area contributed by atoms with E-state index < -0.39 is 11.5 Å². The Morgan fingerprint density at radius 1 is 1.03 bits per heavy atom. The zero-order valence-electron chi connectivity index (χ0n) is 19.9. The molecule has 4 aromatic rings. The second kappa shape index (κ2) is 9.65. The van der Waals surface area contributed by atoms with E-state index in [-0.39, 0.29) is 17.0 Å². The van der Waals surface area contributed by atoms with Gasteiger partial charge in [0.25, 0.3) is 11.5 Å². The fraction of sp³-hybridized carbons (Fsp3) is 0.143. The summed E-state index contributed by atoms with van der Waals surface area (Å²) < 4.78 is 7.38. The molecule has 0 atom stereocenters. The van der Waals surface area contributed by atoms with Crippen LogP contribution in [0.3, 0.4) is 0 Å². The van der Waals surface area contributed by atoms with Crippen molar-refractivity contribution in [3.63, 3.8) is 0 Å². The number of rotatable bonds is 5. The SMILES string of the molecule is Cc1cccc(Oc2nc3c(C)cccn3c(=O)c2/C=C(/C#N)C(=O)Nc2cc(C)ccc2C)c1. The first kappa shape index (κ1) is 23.5. The number of amides is 1. The highest BCUT2D eigenvalue weighted by Gasteiger charge is 2.18. The van der Waals surface area contributed by atoms with Crippen LogP contribution in [0.15, 0.2) is 71.2 Å². The van der Waals surface area contributed by atoms with E-state index in [4.69, 9.17) is 4.74 Å². The Labute approximate surface area is 203 Å². The Kier molecular flexibility index (Phi) is 6.47. The lowest BCUT2D eigenvalue weighted by atomic mass is 10.1. The zero-order valence-corrected chi connectivity index (χ0v) is 19.9. The van der Waals surface area contributed by atoms with Crippen molar-refractivity contribution in [2.45, 2.75) is 27.7 Å². The molecule has 0 aliphatic heterocycles. The summed E-state index contributed by atoms with van der Waals surface area (Å²) in [5.41, 5.74) is 3.90. The monoisotopic (exact) mass is 464 g/mol. The first-order valence-electron chi connectivity index (χ1n) is 11.0. The molecule has 7 nitrogen and oxygen atoms in total. The van der Waals surface area contributed by atoms with E-state index in [9.17, 15) is 14.9 Å². The largest absolute Gasteiger partial charge is 0.438 e. The Balaban J connectivity index is 1.84. The molecule has 0 fully saturated rings. The molecule has 0 aliphatic carbocycles. The number of carbonyl (C=O) groups is 1. The predicted octanol–water partition coefficient (Wildman–Crippen LogP) is 5.27. The number of aromatic nitrogens is 2. The summed E-state index contributed by atoms with van der Waals surface area (Å²) in [6.07, 6.45) is 2.82. The van der Waals surface area contributed by atoms with Gasteiger partial charge in [0.2, 0.25) is 5.88 Å². The number of fused-ring (bicyclic) bond motifs is 1. The first-order chi connectivity index (χ1) is 16.8. The molecule has 2 heterocycles. The van der Waals surface area contributed by atoms with Gasteiger partial charge in [-0.3, -0.25) is 14.0 Å². The molecule has 0 spiro atoms. The lowest BCUT2D eigenvalue weighted by Crippen LogP contribution is -2.21. The van der Waals surface area contributed by atoms with Crippen LogP contribution in [0.4, 0.5) is 5.69 Å². The van der Waals surface area contributed by atoms with Crippen molar-refractivity contribution < 1.29 is 9.53 Å². The lowest BCUT2D eigenvalue weighted by molar-refractivity contribution is -0.112. The van der Waals surface area contributed by atoms with Gasteiger partial charge in [0.1, 0.15) is 28.6 Å². The van der Waals surface area contributed by atoms with Crippen molar-refractivity contribution in [2.24, 2.45) is 0 Å². The Bertz CT molecular complexity index is 1590.